The van der Waals surface area contributed by atoms with E-state index in [0.717, 1.165) is 6.42 Å². The Kier molecular flexibility index (Phi) is 16.4. The molecule has 0 atom stereocenters. The molecular weight excluding hydrogens is 309 g/mol. The molecule has 1 aliphatic rings. The fourth-order valence-electron chi connectivity index (χ4n) is 2.02. The van der Waals surface area contributed by atoms with Crippen molar-refractivity contribution >= 4 is 7.05 Å². The van der Waals surface area contributed by atoms with Crippen molar-refractivity contribution in [2.75, 3.05) is 18.5 Å². The van der Waals surface area contributed by atoms with Gasteiger partial charge < -0.3 is 0 Å². The summed E-state index contributed by atoms with van der Waals surface area (Å²) in [5, 5.41) is 0. The summed E-state index contributed by atoms with van der Waals surface area (Å²) >= 11 is 0. The molecule has 0 saturated heterocycles. The third-order valence-corrected chi connectivity index (χ3v) is 7.80. The molecule has 0 heterocycles. The van der Waals surface area contributed by atoms with Crippen molar-refractivity contribution in [1.29, 1.82) is 0 Å². The molecule has 0 amide bonds. The second-order valence-corrected chi connectivity index (χ2v) is 9.17. The zero-order valence-corrected chi connectivity index (χ0v) is 16.8. The van der Waals surface area contributed by atoms with Gasteiger partial charge in [-0.05, 0) is 38.0 Å². The predicted molar refractivity (Wildman–Crippen MR) is 97.1 cm³/mol. The van der Waals surface area contributed by atoms with Crippen LogP contribution in [0.2, 0.25) is 0 Å². The number of allylic oxidation sites excluding steroid dienone is 6. The first-order valence-electron chi connectivity index (χ1n) is 7.90. The Morgan fingerprint density at radius 3 is 2.19 bits per heavy atom. The van der Waals surface area contributed by atoms with Gasteiger partial charge in [0.2, 0.25) is 0 Å². The zero-order chi connectivity index (χ0) is 15.3. The fraction of sp³-hybridized carbons (Fsp3) is 0.556. The van der Waals surface area contributed by atoms with E-state index in [1.807, 2.05) is 6.08 Å². The average Bonchev–Trinajstić information content (AvgIpc) is 2.99. The van der Waals surface area contributed by atoms with Crippen molar-refractivity contribution in [2.45, 2.75) is 47.0 Å². The minimum Gasteiger partial charge on any atom is -0.272 e. The van der Waals surface area contributed by atoms with E-state index < -0.39 is 7.05 Å². The molecule has 21 heavy (non-hydrogen) atoms. The quantitative estimate of drug-likeness (QED) is 0.280. The molecule has 1 rings (SSSR count). The third kappa shape index (κ3) is 10.3. The molecule has 0 aromatic carbocycles. The maximum absolute atomic E-state index is 4.97. The summed E-state index contributed by atoms with van der Waals surface area (Å²) in [5.41, 5.74) is 1.30. The maximum atomic E-state index is 4.97. The Bertz CT molecular complexity index is 386. The summed E-state index contributed by atoms with van der Waals surface area (Å²) < 4.78 is 4.97. The van der Waals surface area contributed by atoms with Gasteiger partial charge in [-0.1, -0.05) is 71.1 Å². The summed E-state index contributed by atoms with van der Waals surface area (Å²) in [7, 11) is -0.971. The first kappa shape index (κ1) is 23.2. The summed E-state index contributed by atoms with van der Waals surface area (Å²) in [6, 6.07) is 0. The molecule has 118 valence electrons. The smallest absolute Gasteiger partial charge is 0.0425 e. The van der Waals surface area contributed by atoms with Gasteiger partial charge in [0.05, 0.1) is 0 Å². The Morgan fingerprint density at radius 1 is 1.19 bits per heavy atom. The van der Waals surface area contributed by atoms with Gasteiger partial charge in [0.25, 0.3) is 0 Å². The van der Waals surface area contributed by atoms with Crippen LogP contribution < -0.4 is 0 Å². The van der Waals surface area contributed by atoms with Crippen LogP contribution in [0, 0.1) is 0 Å². The van der Waals surface area contributed by atoms with Crippen molar-refractivity contribution < 1.29 is 21.7 Å². The first-order valence-corrected chi connectivity index (χ1v) is 10.2. The van der Waals surface area contributed by atoms with Gasteiger partial charge in [-0.15, -0.1) is 0 Å². The molecule has 0 N–H and O–H groups in total. The monoisotopic (exact) mass is 341 g/mol. The Labute approximate surface area is 147 Å². The predicted octanol–water partition coefficient (Wildman–Crippen LogP) is 6.62. The molecule has 1 aliphatic carbocycles. The molecule has 0 aromatic rings. The van der Waals surface area contributed by atoms with E-state index in [1.54, 1.807) is 6.08 Å². The summed E-state index contributed by atoms with van der Waals surface area (Å²) in [6.45, 7) is 12.6. The van der Waals surface area contributed by atoms with Crippen molar-refractivity contribution in [3.63, 3.8) is 0 Å². The molecule has 0 saturated carbocycles. The van der Waals surface area contributed by atoms with E-state index in [1.165, 1.54) is 37.0 Å². The molecule has 0 radical (unpaired) electrons. The molecule has 0 aromatic heterocycles. The Hall–Kier alpha value is -0.0957. The molecule has 0 spiro atoms. The number of nitrogens with zero attached hydrogens (tertiary/aromatic N) is 1. The maximum Gasteiger partial charge on any atom is 0.0425 e. The fourth-order valence-corrected chi connectivity index (χ4v) is 4.48. The van der Waals surface area contributed by atoms with E-state index >= 15 is 0 Å². The number of unbranched alkanes of at least 4 members (excludes halogenated alkanes) is 1. The molecular formula is C18H32NPTi. The van der Waals surface area contributed by atoms with Gasteiger partial charge in [0.15, 0.2) is 0 Å². The summed E-state index contributed by atoms with van der Waals surface area (Å²) in [6.07, 6.45) is 19.6. The number of rotatable bonds is 7. The van der Waals surface area contributed by atoms with E-state index in [9.17, 15) is 0 Å². The second-order valence-electron chi connectivity index (χ2n) is 4.89. The van der Waals surface area contributed by atoms with Crippen LogP contribution in [-0.2, 0) is 21.7 Å². The van der Waals surface area contributed by atoms with E-state index in [4.69, 9.17) is 4.74 Å². The van der Waals surface area contributed by atoms with Crippen LogP contribution in [-0.4, -0.2) is 18.5 Å². The average molecular weight is 341 g/mol. The Morgan fingerprint density at radius 2 is 1.81 bits per heavy atom. The van der Waals surface area contributed by atoms with Crippen LogP contribution in [0.3, 0.4) is 0 Å². The molecule has 0 aliphatic heterocycles. The van der Waals surface area contributed by atoms with E-state index in [0.29, 0.717) is 0 Å². The van der Waals surface area contributed by atoms with Crippen LogP contribution in [0.5, 0.6) is 0 Å². The van der Waals surface area contributed by atoms with Crippen LogP contribution in [0.1, 0.15) is 47.0 Å². The largest absolute Gasteiger partial charge is 0.272 e. The molecule has 3 heteroatoms. The van der Waals surface area contributed by atoms with Crippen molar-refractivity contribution in [3.8, 4) is 0 Å². The third-order valence-electron chi connectivity index (χ3n) is 3.59. The zero-order valence-electron chi connectivity index (χ0n) is 14.3. The van der Waals surface area contributed by atoms with Gasteiger partial charge in [-0.2, -0.15) is 0 Å². The molecule has 0 fully saturated rings. The minimum absolute atomic E-state index is 0. The van der Waals surface area contributed by atoms with E-state index in [-0.39, 0.29) is 21.7 Å². The van der Waals surface area contributed by atoms with E-state index in [2.05, 4.69) is 58.6 Å². The van der Waals surface area contributed by atoms with Crippen molar-refractivity contribution in [3.05, 3.63) is 48.7 Å². The Balaban J connectivity index is 0. The number of hydrogen-bond donors (Lipinski definition) is 0. The molecule has 1 nitrogen and oxygen atoms in total. The topological polar surface area (TPSA) is 12.4 Å². The van der Waals surface area contributed by atoms with Crippen molar-refractivity contribution in [2.24, 2.45) is 4.74 Å². The van der Waals surface area contributed by atoms with Gasteiger partial charge in [-0.25, -0.2) is 0 Å². The number of hydrogen-bond acceptors (Lipinski definition) is 1. The second kappa shape index (κ2) is 14.8. The van der Waals surface area contributed by atoms with Gasteiger partial charge in [0.1, 0.15) is 0 Å². The van der Waals surface area contributed by atoms with Gasteiger partial charge in [0, 0.05) is 33.8 Å². The first-order chi connectivity index (χ1) is 9.67. The van der Waals surface area contributed by atoms with Crippen molar-refractivity contribution in [1.82, 2.24) is 0 Å². The molecule has 0 bridgehead atoms. The van der Waals surface area contributed by atoms with Crippen LogP contribution in [0.25, 0.3) is 0 Å². The normalized spacial score (nSPS) is 13.2. The van der Waals surface area contributed by atoms with Gasteiger partial charge in [-0.3, -0.25) is 4.74 Å². The van der Waals surface area contributed by atoms with Crippen LogP contribution >= 0.6 is 7.05 Å². The standard InChI is InChI=1S/C11H20NP.C7H12.Ti/c1-4-13(5-2,6-3)12-11-9-7-8-10-11;1-3-5-7-6-4-2;/h7-9H,4-6,10H2,1-3H3;3,5,7H,1,4,6H2,2H3;. The van der Waals surface area contributed by atoms with Crippen LogP contribution in [0.4, 0.5) is 0 Å². The van der Waals surface area contributed by atoms with Gasteiger partial charge >= 0.3 is 0 Å². The van der Waals surface area contributed by atoms with Crippen LogP contribution in [0.15, 0.2) is 53.5 Å². The summed E-state index contributed by atoms with van der Waals surface area (Å²) in [5.74, 6) is 0. The SMILES string of the molecule is C=CC=CCCC.CCP(CC)(CC)=NC1=CC=CC1.[Ti]. The summed E-state index contributed by atoms with van der Waals surface area (Å²) in [4.78, 5) is 0. The molecule has 0 unspecified atom stereocenters. The minimum atomic E-state index is -0.971.